The van der Waals surface area contributed by atoms with E-state index in [2.05, 4.69) is 20.1 Å². The first-order chi connectivity index (χ1) is 11.5. The van der Waals surface area contributed by atoms with E-state index in [0.717, 1.165) is 37.3 Å². The summed E-state index contributed by atoms with van der Waals surface area (Å²) in [4.78, 5) is 12.4. The number of amides is 1. The fraction of sp³-hybridized carbons (Fsp3) is 0.438. The minimum atomic E-state index is -0.465. The van der Waals surface area contributed by atoms with Crippen LogP contribution in [-0.4, -0.2) is 25.8 Å². The molecule has 0 saturated heterocycles. The van der Waals surface area contributed by atoms with Crippen molar-refractivity contribution in [2.75, 3.05) is 0 Å². The Balaban J connectivity index is 1.52. The lowest BCUT2D eigenvalue weighted by molar-refractivity contribution is 0.0947. The zero-order chi connectivity index (χ0) is 16.8. The van der Waals surface area contributed by atoms with Gasteiger partial charge in [-0.2, -0.15) is 0 Å². The van der Waals surface area contributed by atoms with Crippen LogP contribution in [0.1, 0.15) is 59.6 Å². The van der Waals surface area contributed by atoms with E-state index in [1.54, 1.807) is 0 Å². The molecule has 8 heteroatoms. The topological polar surface area (TPSA) is 80.0 Å². The van der Waals surface area contributed by atoms with Crippen molar-refractivity contribution in [3.63, 3.8) is 0 Å². The molecule has 1 amide bonds. The van der Waals surface area contributed by atoms with Crippen LogP contribution in [-0.2, 0) is 6.54 Å². The molecule has 0 aliphatic heterocycles. The molecule has 4 rings (SSSR count). The number of halogens is 2. The Hall–Kier alpha value is -1.79. The van der Waals surface area contributed by atoms with Gasteiger partial charge in [0.25, 0.3) is 5.91 Å². The third kappa shape index (κ3) is 2.96. The van der Waals surface area contributed by atoms with Gasteiger partial charge < -0.3 is 15.0 Å². The number of hydrogen-bond acceptors (Lipinski definition) is 4. The van der Waals surface area contributed by atoms with Gasteiger partial charge in [-0.3, -0.25) is 4.79 Å². The normalized spacial score (nSPS) is 17.1. The molecular weight excluding hydrogens is 351 g/mol. The minimum absolute atomic E-state index is 0.0148. The van der Waals surface area contributed by atoms with Gasteiger partial charge in [-0.1, -0.05) is 23.2 Å². The fourth-order valence-electron chi connectivity index (χ4n) is 2.84. The van der Waals surface area contributed by atoms with Gasteiger partial charge in [-0.15, -0.1) is 10.2 Å². The second kappa shape index (κ2) is 5.93. The number of carbonyl (C=O) groups excluding carboxylic acids is 1. The molecule has 2 aliphatic carbocycles. The number of phenols is 1. The summed E-state index contributed by atoms with van der Waals surface area (Å²) in [6, 6.07) is 3.17. The van der Waals surface area contributed by atoms with Crippen LogP contribution in [0.3, 0.4) is 0 Å². The van der Waals surface area contributed by atoms with Crippen LogP contribution in [0.4, 0.5) is 0 Å². The summed E-state index contributed by atoms with van der Waals surface area (Å²) in [7, 11) is 0. The number of rotatable bonds is 5. The monoisotopic (exact) mass is 366 g/mol. The van der Waals surface area contributed by atoms with Gasteiger partial charge >= 0.3 is 0 Å². The fourth-order valence-corrected chi connectivity index (χ4v) is 3.41. The molecule has 126 valence electrons. The first kappa shape index (κ1) is 15.7. The smallest absolute Gasteiger partial charge is 0.256 e. The molecule has 2 fully saturated rings. The zero-order valence-corrected chi connectivity index (χ0v) is 14.3. The van der Waals surface area contributed by atoms with Crippen molar-refractivity contribution in [3.05, 3.63) is 39.4 Å². The van der Waals surface area contributed by atoms with E-state index in [1.165, 1.54) is 12.1 Å². The Bertz CT molecular complexity index is 789. The number of aromatic nitrogens is 3. The molecule has 0 radical (unpaired) electrons. The SMILES string of the molecule is O=C(NCc1nnc(C2CC2)n1C1CC1)c1c(O)cc(Cl)cc1Cl. The molecule has 0 unspecified atom stereocenters. The summed E-state index contributed by atoms with van der Waals surface area (Å²) in [6.45, 7) is 0.244. The molecule has 0 bridgehead atoms. The van der Waals surface area contributed by atoms with E-state index < -0.39 is 5.91 Å². The van der Waals surface area contributed by atoms with Gasteiger partial charge in [0.05, 0.1) is 17.1 Å². The van der Waals surface area contributed by atoms with E-state index in [9.17, 15) is 9.90 Å². The van der Waals surface area contributed by atoms with Gasteiger partial charge in [0.1, 0.15) is 11.6 Å². The van der Waals surface area contributed by atoms with E-state index in [1.807, 2.05) is 0 Å². The van der Waals surface area contributed by atoms with Crippen molar-refractivity contribution >= 4 is 29.1 Å². The molecule has 2 aromatic rings. The highest BCUT2D eigenvalue weighted by atomic mass is 35.5. The van der Waals surface area contributed by atoms with Crippen molar-refractivity contribution in [2.45, 2.75) is 44.2 Å². The van der Waals surface area contributed by atoms with Crippen molar-refractivity contribution in [3.8, 4) is 5.75 Å². The molecular formula is C16H16Cl2N4O2. The van der Waals surface area contributed by atoms with Gasteiger partial charge in [-0.25, -0.2) is 0 Å². The number of benzene rings is 1. The molecule has 6 nitrogen and oxygen atoms in total. The standard InChI is InChI=1S/C16H16Cl2N4O2/c17-9-5-11(18)14(12(23)6-9)16(24)19-7-13-20-21-15(8-1-2-8)22(13)10-3-4-10/h5-6,8,10,23H,1-4,7H2,(H,19,24). The quantitative estimate of drug-likeness (QED) is 0.849. The predicted octanol–water partition coefficient (Wildman–Crippen LogP) is 3.43. The van der Waals surface area contributed by atoms with Crippen LogP contribution in [0.5, 0.6) is 5.75 Å². The Labute approximate surface area is 148 Å². The second-order valence-electron chi connectivity index (χ2n) is 6.31. The Morgan fingerprint density at radius 3 is 2.62 bits per heavy atom. The van der Waals surface area contributed by atoms with E-state index in [4.69, 9.17) is 23.2 Å². The van der Waals surface area contributed by atoms with Crippen LogP contribution < -0.4 is 5.32 Å². The predicted molar refractivity (Wildman–Crippen MR) is 89.6 cm³/mol. The van der Waals surface area contributed by atoms with Crippen molar-refractivity contribution in [1.82, 2.24) is 20.1 Å². The maximum atomic E-state index is 12.4. The van der Waals surface area contributed by atoms with Gasteiger partial charge in [0, 0.05) is 17.0 Å². The number of nitrogens with one attached hydrogen (secondary N) is 1. The molecule has 1 aromatic heterocycles. The maximum absolute atomic E-state index is 12.4. The molecule has 0 spiro atoms. The summed E-state index contributed by atoms with van der Waals surface area (Å²) in [6.07, 6.45) is 4.57. The number of carbonyl (C=O) groups is 1. The minimum Gasteiger partial charge on any atom is -0.507 e. The summed E-state index contributed by atoms with van der Waals surface area (Å²) in [5.74, 6) is 1.59. The first-order valence-corrected chi connectivity index (χ1v) is 8.70. The molecule has 2 aliphatic rings. The Morgan fingerprint density at radius 1 is 1.25 bits per heavy atom. The van der Waals surface area contributed by atoms with Crippen molar-refractivity contribution in [2.24, 2.45) is 0 Å². The molecule has 2 N–H and O–H groups in total. The molecule has 24 heavy (non-hydrogen) atoms. The highest BCUT2D eigenvalue weighted by Gasteiger charge is 2.36. The molecule has 0 atom stereocenters. The lowest BCUT2D eigenvalue weighted by Crippen LogP contribution is -2.25. The molecule has 1 aromatic carbocycles. The van der Waals surface area contributed by atoms with Crippen LogP contribution in [0.15, 0.2) is 12.1 Å². The van der Waals surface area contributed by atoms with Gasteiger partial charge in [0.2, 0.25) is 0 Å². The van der Waals surface area contributed by atoms with Gasteiger partial charge in [-0.05, 0) is 37.8 Å². The van der Waals surface area contributed by atoms with E-state index >= 15 is 0 Å². The second-order valence-corrected chi connectivity index (χ2v) is 7.16. The number of hydrogen-bond donors (Lipinski definition) is 2. The molecule has 1 heterocycles. The highest BCUT2D eigenvalue weighted by Crippen LogP contribution is 2.44. The summed E-state index contributed by atoms with van der Waals surface area (Å²) >= 11 is 11.8. The van der Waals surface area contributed by atoms with Gasteiger partial charge in [0.15, 0.2) is 5.82 Å². The summed E-state index contributed by atoms with van der Waals surface area (Å²) in [5, 5.41) is 21.6. The lowest BCUT2D eigenvalue weighted by Gasteiger charge is -2.11. The van der Waals surface area contributed by atoms with E-state index in [0.29, 0.717) is 12.0 Å². The Morgan fingerprint density at radius 2 is 2.00 bits per heavy atom. The average Bonchev–Trinajstić information content (AvgIpc) is 3.42. The van der Waals surface area contributed by atoms with Crippen molar-refractivity contribution in [1.29, 1.82) is 0 Å². The Kier molecular flexibility index (Phi) is 3.89. The van der Waals surface area contributed by atoms with Crippen LogP contribution >= 0.6 is 23.2 Å². The van der Waals surface area contributed by atoms with Crippen LogP contribution in [0, 0.1) is 0 Å². The highest BCUT2D eigenvalue weighted by molar-refractivity contribution is 6.37. The zero-order valence-electron chi connectivity index (χ0n) is 12.8. The summed E-state index contributed by atoms with van der Waals surface area (Å²) < 4.78 is 2.17. The number of nitrogens with zero attached hydrogens (tertiary/aromatic N) is 3. The number of phenolic OH excluding ortho intramolecular Hbond substituents is 1. The average molecular weight is 367 g/mol. The molecule has 2 saturated carbocycles. The first-order valence-electron chi connectivity index (χ1n) is 7.94. The largest absolute Gasteiger partial charge is 0.507 e. The van der Waals surface area contributed by atoms with Crippen molar-refractivity contribution < 1.29 is 9.90 Å². The van der Waals surface area contributed by atoms with Crippen LogP contribution in [0.25, 0.3) is 0 Å². The third-order valence-corrected chi connectivity index (χ3v) is 4.83. The maximum Gasteiger partial charge on any atom is 0.256 e. The lowest BCUT2D eigenvalue weighted by atomic mass is 10.2. The summed E-state index contributed by atoms with van der Waals surface area (Å²) in [5.41, 5.74) is 0.0148. The van der Waals surface area contributed by atoms with E-state index in [-0.39, 0.29) is 27.9 Å². The van der Waals surface area contributed by atoms with Crippen LogP contribution in [0.2, 0.25) is 10.0 Å². The number of aromatic hydroxyl groups is 1. The third-order valence-electron chi connectivity index (χ3n) is 4.32.